The molecule has 0 unspecified atom stereocenters. The highest BCUT2D eigenvalue weighted by Gasteiger charge is 2.37. The second-order valence-corrected chi connectivity index (χ2v) is 6.12. The Morgan fingerprint density at radius 2 is 2.25 bits per heavy atom. The van der Waals surface area contributed by atoms with Gasteiger partial charge in [0, 0.05) is 19.1 Å². The largest absolute Gasteiger partial charge is 0.449 e. The van der Waals surface area contributed by atoms with Gasteiger partial charge in [-0.1, -0.05) is 20.8 Å². The molecule has 0 aromatic carbocycles. The third-order valence-corrected chi connectivity index (χ3v) is 3.29. The number of hydrogen-bond acceptors (Lipinski definition) is 3. The summed E-state index contributed by atoms with van der Waals surface area (Å²) < 4.78 is 5.31. The van der Waals surface area contributed by atoms with Crippen molar-refractivity contribution >= 4 is 6.09 Å². The number of carbonyl (C=O) groups is 1. The molecule has 4 heteroatoms. The van der Waals surface area contributed by atoms with Gasteiger partial charge in [-0.2, -0.15) is 0 Å². The molecular weight excluding hydrogens is 204 g/mol. The van der Waals surface area contributed by atoms with E-state index in [-0.39, 0.29) is 11.5 Å². The summed E-state index contributed by atoms with van der Waals surface area (Å²) in [7, 11) is 0. The molecule has 0 radical (unpaired) electrons. The highest BCUT2D eigenvalue weighted by atomic mass is 16.6. The maximum Gasteiger partial charge on any atom is 0.409 e. The summed E-state index contributed by atoms with van der Waals surface area (Å²) >= 11 is 0. The predicted octanol–water partition coefficient (Wildman–Crippen LogP) is 1.46. The number of likely N-dealkylation sites (tertiary alicyclic amines) is 1. The number of rotatable bonds is 1. The minimum atomic E-state index is -0.151. The number of nitrogens with one attached hydrogen (secondary N) is 1. The van der Waals surface area contributed by atoms with Gasteiger partial charge in [-0.25, -0.2) is 4.79 Å². The molecule has 1 amide bonds. The Hall–Kier alpha value is -0.770. The first-order valence-electron chi connectivity index (χ1n) is 6.11. The first kappa shape index (κ1) is 11.7. The smallest absolute Gasteiger partial charge is 0.409 e. The molecule has 0 aromatic rings. The minimum Gasteiger partial charge on any atom is -0.449 e. The van der Waals surface area contributed by atoms with Crippen LogP contribution in [0.4, 0.5) is 4.79 Å². The number of ether oxygens (including phenoxy) is 1. The van der Waals surface area contributed by atoms with Crippen LogP contribution >= 0.6 is 0 Å². The number of nitrogens with zero attached hydrogens (tertiary/aromatic N) is 1. The number of amides is 1. The zero-order chi connectivity index (χ0) is 11.8. The van der Waals surface area contributed by atoms with E-state index in [4.69, 9.17) is 4.74 Å². The molecule has 2 heterocycles. The molecule has 0 saturated carbocycles. The van der Waals surface area contributed by atoms with Gasteiger partial charge in [0.1, 0.15) is 0 Å². The quantitative estimate of drug-likeness (QED) is 0.736. The van der Waals surface area contributed by atoms with Crippen molar-refractivity contribution in [2.24, 2.45) is 11.3 Å². The number of hydrogen-bond donors (Lipinski definition) is 1. The molecule has 2 rings (SSSR count). The Balaban J connectivity index is 1.77. The Bertz CT molecular complexity index is 273. The van der Waals surface area contributed by atoms with Gasteiger partial charge in [-0.05, 0) is 24.3 Å². The third-order valence-electron chi connectivity index (χ3n) is 3.29. The lowest BCUT2D eigenvalue weighted by Gasteiger charge is -2.45. The van der Waals surface area contributed by atoms with Crippen LogP contribution in [0.3, 0.4) is 0 Å². The maximum atomic E-state index is 11.8. The summed E-state index contributed by atoms with van der Waals surface area (Å²) in [5.74, 6) is 0.784. The van der Waals surface area contributed by atoms with Gasteiger partial charge in [-0.3, -0.25) is 0 Å². The van der Waals surface area contributed by atoms with Crippen LogP contribution in [0.25, 0.3) is 0 Å². The van der Waals surface area contributed by atoms with Crippen molar-refractivity contribution < 1.29 is 9.53 Å². The fraction of sp³-hybridized carbons (Fsp3) is 0.917. The molecule has 1 N–H and O–H groups in total. The van der Waals surface area contributed by atoms with Crippen molar-refractivity contribution in [1.82, 2.24) is 10.2 Å². The minimum absolute atomic E-state index is 0.0443. The normalized spacial score (nSPS) is 29.3. The van der Waals surface area contributed by atoms with E-state index in [1.807, 2.05) is 4.90 Å². The van der Waals surface area contributed by atoms with Gasteiger partial charge in [0.25, 0.3) is 0 Å². The van der Waals surface area contributed by atoms with Crippen LogP contribution in [-0.4, -0.2) is 43.3 Å². The van der Waals surface area contributed by atoms with E-state index >= 15 is 0 Å². The molecule has 4 nitrogen and oxygen atoms in total. The van der Waals surface area contributed by atoms with E-state index in [1.165, 1.54) is 0 Å². The van der Waals surface area contributed by atoms with E-state index in [2.05, 4.69) is 26.1 Å². The van der Waals surface area contributed by atoms with Crippen LogP contribution < -0.4 is 5.32 Å². The maximum absolute atomic E-state index is 11.8. The molecule has 0 aromatic heterocycles. The topological polar surface area (TPSA) is 41.6 Å². The molecule has 0 bridgehead atoms. The van der Waals surface area contributed by atoms with Crippen molar-refractivity contribution in [2.45, 2.75) is 33.2 Å². The van der Waals surface area contributed by atoms with Crippen molar-refractivity contribution in [1.29, 1.82) is 0 Å². The molecule has 2 saturated heterocycles. The zero-order valence-corrected chi connectivity index (χ0v) is 10.5. The molecule has 2 aliphatic heterocycles. The van der Waals surface area contributed by atoms with E-state index in [0.717, 1.165) is 32.0 Å². The first-order chi connectivity index (χ1) is 7.46. The fourth-order valence-corrected chi connectivity index (χ4v) is 2.15. The first-order valence-corrected chi connectivity index (χ1v) is 6.11. The Morgan fingerprint density at radius 3 is 2.75 bits per heavy atom. The number of carbonyl (C=O) groups excluding carboxylic acids is 1. The van der Waals surface area contributed by atoms with E-state index in [9.17, 15) is 4.79 Å². The van der Waals surface area contributed by atoms with E-state index in [0.29, 0.717) is 12.6 Å². The lowest BCUT2D eigenvalue weighted by molar-refractivity contribution is 0.0400. The van der Waals surface area contributed by atoms with Crippen molar-refractivity contribution in [3.05, 3.63) is 0 Å². The molecule has 2 aliphatic rings. The van der Waals surface area contributed by atoms with Crippen LogP contribution in [0.15, 0.2) is 0 Å². The standard InChI is InChI=1S/C12H22N2O2/c1-12(2,3)8-16-11(15)14-5-4-9-6-13-10(9)7-14/h9-10,13H,4-8H2,1-3H3/t9-,10-/m1/s1. The summed E-state index contributed by atoms with van der Waals surface area (Å²) in [5, 5.41) is 3.36. The van der Waals surface area contributed by atoms with Crippen molar-refractivity contribution in [3.8, 4) is 0 Å². The van der Waals surface area contributed by atoms with Gasteiger partial charge in [0.15, 0.2) is 0 Å². The second-order valence-electron chi connectivity index (χ2n) is 6.12. The summed E-state index contributed by atoms with van der Waals surface area (Å²) in [6.07, 6.45) is 0.963. The van der Waals surface area contributed by atoms with Crippen LogP contribution in [0.5, 0.6) is 0 Å². The SMILES string of the molecule is CC(C)(C)COC(=O)N1CC[C@@H]2CN[C@@H]2C1. The van der Waals surface area contributed by atoms with Crippen LogP contribution in [-0.2, 0) is 4.74 Å². The lowest BCUT2D eigenvalue weighted by atomic mass is 9.85. The highest BCUT2D eigenvalue weighted by molar-refractivity contribution is 5.67. The molecule has 2 fully saturated rings. The Morgan fingerprint density at radius 1 is 1.50 bits per heavy atom. The summed E-state index contributed by atoms with van der Waals surface area (Å²) in [4.78, 5) is 13.6. The van der Waals surface area contributed by atoms with Crippen LogP contribution in [0.2, 0.25) is 0 Å². The van der Waals surface area contributed by atoms with Gasteiger partial charge >= 0.3 is 6.09 Å². The predicted molar refractivity (Wildman–Crippen MR) is 62.3 cm³/mol. The van der Waals surface area contributed by atoms with Crippen LogP contribution in [0.1, 0.15) is 27.2 Å². The number of fused-ring (bicyclic) bond motifs is 1. The zero-order valence-electron chi connectivity index (χ0n) is 10.5. The van der Waals surface area contributed by atoms with Crippen molar-refractivity contribution in [2.75, 3.05) is 26.2 Å². The average molecular weight is 226 g/mol. The molecule has 2 atom stereocenters. The highest BCUT2D eigenvalue weighted by Crippen LogP contribution is 2.24. The number of piperidine rings is 1. The van der Waals surface area contributed by atoms with Gasteiger partial charge in [-0.15, -0.1) is 0 Å². The lowest BCUT2D eigenvalue weighted by Crippen LogP contribution is -2.62. The molecule has 0 spiro atoms. The van der Waals surface area contributed by atoms with E-state index < -0.39 is 0 Å². The average Bonchev–Trinajstić information content (AvgIpc) is 2.15. The van der Waals surface area contributed by atoms with Crippen molar-refractivity contribution in [3.63, 3.8) is 0 Å². The monoisotopic (exact) mass is 226 g/mol. The van der Waals surface area contributed by atoms with Gasteiger partial charge in [0.2, 0.25) is 0 Å². The summed E-state index contributed by atoms with van der Waals surface area (Å²) in [6.45, 7) is 9.48. The molecule has 16 heavy (non-hydrogen) atoms. The molecule has 92 valence electrons. The summed E-state index contributed by atoms with van der Waals surface area (Å²) in [6, 6.07) is 0.510. The Labute approximate surface area is 97.3 Å². The fourth-order valence-electron chi connectivity index (χ4n) is 2.15. The molecular formula is C12H22N2O2. The second kappa shape index (κ2) is 4.24. The van der Waals surface area contributed by atoms with E-state index in [1.54, 1.807) is 0 Å². The molecule has 0 aliphatic carbocycles. The van der Waals surface area contributed by atoms with Crippen LogP contribution in [0, 0.1) is 11.3 Å². The summed E-state index contributed by atoms with van der Waals surface area (Å²) in [5.41, 5.74) is 0.0443. The van der Waals surface area contributed by atoms with Gasteiger partial charge in [0.05, 0.1) is 6.61 Å². The van der Waals surface area contributed by atoms with Gasteiger partial charge < -0.3 is 15.0 Å². The third kappa shape index (κ3) is 2.67. The Kier molecular flexibility index (Phi) is 3.10.